The highest BCUT2D eigenvalue weighted by Crippen LogP contribution is 2.26. The van der Waals surface area contributed by atoms with Crippen molar-refractivity contribution in [3.8, 4) is 5.75 Å². The van der Waals surface area contributed by atoms with E-state index in [1.807, 2.05) is 38.1 Å². The van der Waals surface area contributed by atoms with Gasteiger partial charge in [-0.3, -0.25) is 14.2 Å². The molecule has 0 fully saturated rings. The number of amides is 1. The molecule has 3 rings (SSSR count). The number of anilines is 1. The summed E-state index contributed by atoms with van der Waals surface area (Å²) < 4.78 is 7.18. The van der Waals surface area contributed by atoms with Crippen molar-refractivity contribution in [2.75, 3.05) is 11.9 Å². The fraction of sp³-hybridized carbons (Fsp3) is 0.286. The first-order valence-electron chi connectivity index (χ1n) is 9.06. The molecule has 2 aromatic carbocycles. The monoisotopic (exact) mass is 365 g/mol. The van der Waals surface area contributed by atoms with E-state index in [-0.39, 0.29) is 24.4 Å². The van der Waals surface area contributed by atoms with Crippen molar-refractivity contribution in [3.05, 3.63) is 64.7 Å². The van der Waals surface area contributed by atoms with Gasteiger partial charge in [0.15, 0.2) is 0 Å². The SMILES string of the molecule is CCCOc1cc(C)ccc1NC(=O)CCn1cnc2ccccc2c1=O. The maximum atomic E-state index is 12.5. The number of nitrogens with one attached hydrogen (secondary N) is 1. The van der Waals surface area contributed by atoms with Crippen LogP contribution < -0.4 is 15.6 Å². The predicted octanol–water partition coefficient (Wildman–Crippen LogP) is 3.52. The summed E-state index contributed by atoms with van der Waals surface area (Å²) in [7, 11) is 0. The van der Waals surface area contributed by atoms with Crippen LogP contribution in [0.2, 0.25) is 0 Å². The largest absolute Gasteiger partial charge is 0.491 e. The van der Waals surface area contributed by atoms with E-state index in [1.54, 1.807) is 18.2 Å². The van der Waals surface area contributed by atoms with E-state index < -0.39 is 0 Å². The van der Waals surface area contributed by atoms with Gasteiger partial charge in [-0.2, -0.15) is 0 Å². The molecule has 1 N–H and O–H groups in total. The third-order valence-corrected chi connectivity index (χ3v) is 4.18. The van der Waals surface area contributed by atoms with E-state index in [1.165, 1.54) is 10.9 Å². The van der Waals surface area contributed by atoms with E-state index in [9.17, 15) is 9.59 Å². The van der Waals surface area contributed by atoms with Crippen molar-refractivity contribution >= 4 is 22.5 Å². The van der Waals surface area contributed by atoms with Gasteiger partial charge in [-0.05, 0) is 43.2 Å². The second-order valence-corrected chi connectivity index (χ2v) is 6.41. The lowest BCUT2D eigenvalue weighted by atomic mass is 10.2. The van der Waals surface area contributed by atoms with Crippen molar-refractivity contribution in [3.63, 3.8) is 0 Å². The highest BCUT2D eigenvalue weighted by atomic mass is 16.5. The molecule has 1 aromatic heterocycles. The lowest BCUT2D eigenvalue weighted by Crippen LogP contribution is -2.23. The Balaban J connectivity index is 1.69. The quantitative estimate of drug-likeness (QED) is 0.695. The molecular formula is C21H23N3O3. The minimum Gasteiger partial charge on any atom is -0.491 e. The van der Waals surface area contributed by atoms with Crippen molar-refractivity contribution in [2.24, 2.45) is 0 Å². The number of rotatable bonds is 7. The molecule has 0 aliphatic rings. The van der Waals surface area contributed by atoms with Gasteiger partial charge in [-0.1, -0.05) is 25.1 Å². The van der Waals surface area contributed by atoms with E-state index in [2.05, 4.69) is 10.3 Å². The molecule has 27 heavy (non-hydrogen) atoms. The van der Waals surface area contributed by atoms with Gasteiger partial charge in [0.2, 0.25) is 5.91 Å². The first kappa shape index (κ1) is 18.6. The summed E-state index contributed by atoms with van der Waals surface area (Å²) in [6.07, 6.45) is 2.54. The summed E-state index contributed by atoms with van der Waals surface area (Å²) in [4.78, 5) is 29.1. The molecule has 0 unspecified atom stereocenters. The Morgan fingerprint density at radius 2 is 2.04 bits per heavy atom. The Labute approximate surface area is 157 Å². The zero-order valence-electron chi connectivity index (χ0n) is 15.6. The number of aromatic nitrogens is 2. The average molecular weight is 365 g/mol. The summed E-state index contributed by atoms with van der Waals surface area (Å²) in [5.41, 5.74) is 2.22. The molecule has 0 bridgehead atoms. The molecule has 1 heterocycles. The zero-order chi connectivity index (χ0) is 19.2. The lowest BCUT2D eigenvalue weighted by Gasteiger charge is -2.13. The third-order valence-electron chi connectivity index (χ3n) is 4.18. The lowest BCUT2D eigenvalue weighted by molar-refractivity contribution is -0.116. The van der Waals surface area contributed by atoms with Gasteiger partial charge < -0.3 is 10.1 Å². The van der Waals surface area contributed by atoms with Crippen molar-refractivity contribution < 1.29 is 9.53 Å². The molecule has 0 atom stereocenters. The Hall–Kier alpha value is -3.15. The molecule has 0 spiro atoms. The number of hydrogen-bond donors (Lipinski definition) is 1. The molecule has 6 nitrogen and oxygen atoms in total. The normalized spacial score (nSPS) is 10.7. The molecule has 0 radical (unpaired) electrons. The van der Waals surface area contributed by atoms with Gasteiger partial charge in [-0.15, -0.1) is 0 Å². The first-order chi connectivity index (χ1) is 13.1. The van der Waals surface area contributed by atoms with Crippen LogP contribution in [0.25, 0.3) is 10.9 Å². The summed E-state index contributed by atoms with van der Waals surface area (Å²) >= 11 is 0. The number of carbonyl (C=O) groups is 1. The van der Waals surface area contributed by atoms with Crippen LogP contribution in [0.5, 0.6) is 5.75 Å². The maximum absolute atomic E-state index is 12.5. The Morgan fingerprint density at radius 1 is 1.22 bits per heavy atom. The van der Waals surface area contributed by atoms with Crippen LogP contribution in [0.1, 0.15) is 25.3 Å². The minimum absolute atomic E-state index is 0.143. The van der Waals surface area contributed by atoms with E-state index in [4.69, 9.17) is 4.74 Å². The molecule has 0 aliphatic carbocycles. The Bertz CT molecular complexity index is 1010. The number of fused-ring (bicyclic) bond motifs is 1. The summed E-state index contributed by atoms with van der Waals surface area (Å²) in [5.74, 6) is 0.481. The Kier molecular flexibility index (Phi) is 5.86. The third kappa shape index (κ3) is 4.53. The number of para-hydroxylation sites is 1. The van der Waals surface area contributed by atoms with Gasteiger partial charge in [-0.25, -0.2) is 4.98 Å². The van der Waals surface area contributed by atoms with Gasteiger partial charge in [0, 0.05) is 13.0 Å². The van der Waals surface area contributed by atoms with Crippen molar-refractivity contribution in [1.82, 2.24) is 9.55 Å². The van der Waals surface area contributed by atoms with Crippen molar-refractivity contribution in [2.45, 2.75) is 33.2 Å². The van der Waals surface area contributed by atoms with Gasteiger partial charge in [0.1, 0.15) is 5.75 Å². The number of ether oxygens (including phenoxy) is 1. The fourth-order valence-electron chi connectivity index (χ4n) is 2.76. The minimum atomic E-state index is -0.180. The van der Waals surface area contributed by atoms with E-state index in [0.717, 1.165) is 12.0 Å². The fourth-order valence-corrected chi connectivity index (χ4v) is 2.76. The summed E-state index contributed by atoms with van der Waals surface area (Å²) in [6, 6.07) is 12.8. The molecule has 3 aromatic rings. The topological polar surface area (TPSA) is 73.2 Å². The van der Waals surface area contributed by atoms with E-state index >= 15 is 0 Å². The molecule has 0 aliphatic heterocycles. The number of benzene rings is 2. The molecular weight excluding hydrogens is 342 g/mol. The van der Waals surface area contributed by atoms with Gasteiger partial charge in [0.05, 0.1) is 29.5 Å². The summed E-state index contributed by atoms with van der Waals surface area (Å²) in [5, 5.41) is 3.42. The second kappa shape index (κ2) is 8.49. The number of carbonyl (C=O) groups excluding carboxylic acids is 1. The molecule has 6 heteroatoms. The standard InChI is InChI=1S/C21H23N3O3/c1-3-12-27-19-13-15(2)8-9-18(19)23-20(25)10-11-24-14-22-17-7-5-4-6-16(17)21(24)26/h4-9,13-14H,3,10-12H2,1-2H3,(H,23,25). The molecule has 0 saturated carbocycles. The second-order valence-electron chi connectivity index (χ2n) is 6.41. The first-order valence-corrected chi connectivity index (χ1v) is 9.06. The van der Waals surface area contributed by atoms with Crippen LogP contribution >= 0.6 is 0 Å². The number of nitrogens with zero attached hydrogens (tertiary/aromatic N) is 2. The van der Waals surface area contributed by atoms with Crippen LogP contribution in [0, 0.1) is 6.92 Å². The smallest absolute Gasteiger partial charge is 0.261 e. The van der Waals surface area contributed by atoms with Crippen molar-refractivity contribution in [1.29, 1.82) is 0 Å². The highest BCUT2D eigenvalue weighted by molar-refractivity contribution is 5.92. The van der Waals surface area contributed by atoms with E-state index in [0.29, 0.717) is 28.9 Å². The molecule has 0 saturated heterocycles. The predicted molar refractivity (Wildman–Crippen MR) is 106 cm³/mol. The Morgan fingerprint density at radius 3 is 2.85 bits per heavy atom. The zero-order valence-corrected chi connectivity index (χ0v) is 15.6. The summed E-state index contributed by atoms with van der Waals surface area (Å²) in [6.45, 7) is 4.86. The van der Waals surface area contributed by atoms with Crippen LogP contribution in [0.3, 0.4) is 0 Å². The molecule has 1 amide bonds. The highest BCUT2D eigenvalue weighted by Gasteiger charge is 2.10. The van der Waals surface area contributed by atoms with Gasteiger partial charge >= 0.3 is 0 Å². The van der Waals surface area contributed by atoms with Crippen LogP contribution in [-0.2, 0) is 11.3 Å². The van der Waals surface area contributed by atoms with Crippen LogP contribution in [-0.4, -0.2) is 22.1 Å². The maximum Gasteiger partial charge on any atom is 0.261 e. The number of aryl methyl sites for hydroxylation is 2. The van der Waals surface area contributed by atoms with Crippen LogP contribution in [0.4, 0.5) is 5.69 Å². The molecule has 140 valence electrons. The average Bonchev–Trinajstić information content (AvgIpc) is 2.68. The van der Waals surface area contributed by atoms with Gasteiger partial charge in [0.25, 0.3) is 5.56 Å². The number of hydrogen-bond acceptors (Lipinski definition) is 4. The van der Waals surface area contributed by atoms with Crippen LogP contribution in [0.15, 0.2) is 53.6 Å².